The van der Waals surface area contributed by atoms with Crippen LogP contribution in [0.4, 0.5) is 17.1 Å². The molecule has 58 heavy (non-hydrogen) atoms. The van der Waals surface area contributed by atoms with Crippen molar-refractivity contribution in [2.75, 3.05) is 4.90 Å². The lowest BCUT2D eigenvalue weighted by atomic mass is 9.96. The van der Waals surface area contributed by atoms with Crippen LogP contribution in [0, 0.1) is 0 Å². The number of fused-ring (bicyclic) bond motifs is 6. The maximum absolute atomic E-state index is 6.44. The van der Waals surface area contributed by atoms with Gasteiger partial charge in [-0.2, -0.15) is 0 Å². The Hall–Kier alpha value is -7.68. The van der Waals surface area contributed by atoms with Crippen LogP contribution in [0.2, 0.25) is 0 Å². The second-order valence-electron chi connectivity index (χ2n) is 14.9. The van der Waals surface area contributed by atoms with E-state index in [0.717, 1.165) is 61.3 Å². The molecule has 0 amide bonds. The van der Waals surface area contributed by atoms with E-state index in [-0.39, 0.29) is 0 Å². The van der Waals surface area contributed by atoms with Crippen LogP contribution in [0.1, 0.15) is 0 Å². The van der Waals surface area contributed by atoms with Crippen molar-refractivity contribution in [3.05, 3.63) is 224 Å². The van der Waals surface area contributed by atoms with Gasteiger partial charge < -0.3 is 9.32 Å². The maximum Gasteiger partial charge on any atom is 0.143 e. The van der Waals surface area contributed by atoms with Crippen LogP contribution in [0.25, 0.3) is 88.0 Å². The molecule has 0 unspecified atom stereocenters. The van der Waals surface area contributed by atoms with Gasteiger partial charge in [0, 0.05) is 33.3 Å². The van der Waals surface area contributed by atoms with E-state index in [1.54, 1.807) is 0 Å². The second kappa shape index (κ2) is 14.1. The van der Waals surface area contributed by atoms with Crippen LogP contribution >= 0.6 is 0 Å². The van der Waals surface area contributed by atoms with E-state index in [2.05, 4.69) is 217 Å². The van der Waals surface area contributed by atoms with Crippen molar-refractivity contribution in [1.29, 1.82) is 0 Å². The van der Waals surface area contributed by atoms with Crippen LogP contribution in [0.15, 0.2) is 229 Å². The lowest BCUT2D eigenvalue weighted by molar-refractivity contribution is 0.670. The van der Waals surface area contributed by atoms with Gasteiger partial charge in [0.1, 0.15) is 11.2 Å². The van der Waals surface area contributed by atoms with Crippen molar-refractivity contribution >= 4 is 60.5 Å². The van der Waals surface area contributed by atoms with Gasteiger partial charge >= 0.3 is 0 Å². The molecule has 0 aliphatic heterocycles. The predicted molar refractivity (Wildman–Crippen MR) is 245 cm³/mol. The van der Waals surface area contributed by atoms with Crippen molar-refractivity contribution in [3.8, 4) is 44.5 Å². The van der Waals surface area contributed by atoms with Crippen LogP contribution < -0.4 is 4.90 Å². The molecule has 0 aliphatic carbocycles. The Balaban J connectivity index is 1.01. The zero-order valence-corrected chi connectivity index (χ0v) is 31.7. The summed E-state index contributed by atoms with van der Waals surface area (Å²) >= 11 is 0. The monoisotopic (exact) mass is 739 g/mol. The fourth-order valence-corrected chi connectivity index (χ4v) is 8.57. The first-order valence-corrected chi connectivity index (χ1v) is 19.8. The first-order chi connectivity index (χ1) is 28.7. The lowest BCUT2D eigenvalue weighted by Gasteiger charge is -2.28. The Morgan fingerprint density at radius 3 is 1.62 bits per heavy atom. The Kier molecular flexibility index (Phi) is 8.19. The predicted octanol–water partition coefficient (Wildman–Crippen LogP) is 16.0. The minimum absolute atomic E-state index is 0.904. The molecule has 11 rings (SSSR count). The molecule has 2 nitrogen and oxygen atoms in total. The highest BCUT2D eigenvalue weighted by molar-refractivity contribution is 6.10. The standard InChI is InChI=1S/C56H37NO/c1-2-11-38(12-3-1)39-21-23-42(24-22-39)50-15-6-8-19-54(50)57(47-34-29-43(30-35-47)51-17-10-18-53-52-16-7-9-20-55(52)58-56(51)53)46-32-27-40(28-33-46)44-31-36-49-45(37-44)26-25-41-13-4-5-14-48(41)49/h1-37H. The third-order valence-corrected chi connectivity index (χ3v) is 11.5. The number of rotatable bonds is 7. The fraction of sp³-hybridized carbons (Fsp3) is 0. The van der Waals surface area contributed by atoms with Crippen LogP contribution in [0.5, 0.6) is 0 Å². The molecule has 0 fully saturated rings. The van der Waals surface area contributed by atoms with Gasteiger partial charge in [0.2, 0.25) is 0 Å². The first kappa shape index (κ1) is 33.6. The Morgan fingerprint density at radius 1 is 0.293 bits per heavy atom. The molecule has 0 radical (unpaired) electrons. The SMILES string of the molecule is c1ccc(-c2ccc(-c3ccccc3N(c3ccc(-c4ccc5c(ccc6ccccc65)c4)cc3)c3ccc(-c4cccc5c4oc4ccccc45)cc3)cc2)cc1. The fourth-order valence-electron chi connectivity index (χ4n) is 8.57. The molecule has 0 bridgehead atoms. The first-order valence-electron chi connectivity index (χ1n) is 19.8. The Morgan fingerprint density at radius 2 is 0.810 bits per heavy atom. The van der Waals surface area contributed by atoms with E-state index in [1.807, 2.05) is 12.1 Å². The molecular weight excluding hydrogens is 703 g/mol. The van der Waals surface area contributed by atoms with Gasteiger partial charge in [0.25, 0.3) is 0 Å². The smallest absolute Gasteiger partial charge is 0.143 e. The molecule has 272 valence electrons. The van der Waals surface area contributed by atoms with E-state index in [4.69, 9.17) is 4.42 Å². The van der Waals surface area contributed by atoms with Gasteiger partial charge in [-0.15, -0.1) is 0 Å². The molecule has 0 saturated carbocycles. The molecule has 10 aromatic carbocycles. The van der Waals surface area contributed by atoms with E-state index < -0.39 is 0 Å². The third-order valence-electron chi connectivity index (χ3n) is 11.5. The summed E-state index contributed by atoms with van der Waals surface area (Å²) in [6.07, 6.45) is 0. The van der Waals surface area contributed by atoms with Gasteiger partial charge in [-0.25, -0.2) is 0 Å². The van der Waals surface area contributed by atoms with Crippen molar-refractivity contribution in [2.24, 2.45) is 0 Å². The molecule has 0 saturated heterocycles. The summed E-state index contributed by atoms with van der Waals surface area (Å²) in [4.78, 5) is 2.38. The zero-order chi connectivity index (χ0) is 38.4. The molecule has 2 heteroatoms. The molecule has 0 N–H and O–H groups in total. The maximum atomic E-state index is 6.44. The topological polar surface area (TPSA) is 16.4 Å². The van der Waals surface area contributed by atoms with Gasteiger partial charge in [-0.3, -0.25) is 0 Å². The summed E-state index contributed by atoms with van der Waals surface area (Å²) in [6.45, 7) is 0. The lowest BCUT2D eigenvalue weighted by Crippen LogP contribution is -2.11. The van der Waals surface area contributed by atoms with Crippen molar-refractivity contribution < 1.29 is 4.42 Å². The minimum Gasteiger partial charge on any atom is -0.455 e. The highest BCUT2D eigenvalue weighted by atomic mass is 16.3. The van der Waals surface area contributed by atoms with Crippen molar-refractivity contribution in [1.82, 2.24) is 0 Å². The zero-order valence-electron chi connectivity index (χ0n) is 31.7. The normalized spacial score (nSPS) is 11.4. The number of anilines is 3. The Labute approximate surface area is 337 Å². The van der Waals surface area contributed by atoms with Gasteiger partial charge in [-0.1, -0.05) is 182 Å². The molecule has 11 aromatic rings. The van der Waals surface area contributed by atoms with Crippen LogP contribution in [-0.2, 0) is 0 Å². The van der Waals surface area contributed by atoms with Crippen molar-refractivity contribution in [3.63, 3.8) is 0 Å². The summed E-state index contributed by atoms with van der Waals surface area (Å²) in [6, 6.07) is 80.7. The van der Waals surface area contributed by atoms with Gasteiger partial charge in [-0.05, 0) is 97.4 Å². The largest absolute Gasteiger partial charge is 0.455 e. The average molecular weight is 740 g/mol. The molecule has 1 aromatic heterocycles. The minimum atomic E-state index is 0.904. The van der Waals surface area contributed by atoms with Crippen LogP contribution in [0.3, 0.4) is 0 Å². The number of benzene rings is 10. The summed E-state index contributed by atoms with van der Waals surface area (Å²) in [5.41, 5.74) is 14.4. The highest BCUT2D eigenvalue weighted by Crippen LogP contribution is 2.43. The molecule has 1 heterocycles. The van der Waals surface area contributed by atoms with E-state index >= 15 is 0 Å². The number of furan rings is 1. The number of hydrogen-bond acceptors (Lipinski definition) is 2. The summed E-state index contributed by atoms with van der Waals surface area (Å²) in [5.74, 6) is 0. The van der Waals surface area contributed by atoms with Gasteiger partial charge in [0.15, 0.2) is 0 Å². The molecule has 0 aliphatic rings. The van der Waals surface area contributed by atoms with E-state index in [0.29, 0.717) is 0 Å². The number of nitrogens with zero attached hydrogens (tertiary/aromatic N) is 1. The van der Waals surface area contributed by atoms with Crippen LogP contribution in [-0.4, -0.2) is 0 Å². The van der Waals surface area contributed by atoms with E-state index in [9.17, 15) is 0 Å². The summed E-state index contributed by atoms with van der Waals surface area (Å²) in [5, 5.41) is 7.33. The van der Waals surface area contributed by atoms with Crippen molar-refractivity contribution in [2.45, 2.75) is 0 Å². The Bertz CT molecular complexity index is 3250. The number of hydrogen-bond donors (Lipinski definition) is 0. The van der Waals surface area contributed by atoms with Gasteiger partial charge in [0.05, 0.1) is 5.69 Å². The highest BCUT2D eigenvalue weighted by Gasteiger charge is 2.19. The second-order valence-corrected chi connectivity index (χ2v) is 14.9. The van der Waals surface area contributed by atoms with E-state index in [1.165, 1.54) is 43.8 Å². The summed E-state index contributed by atoms with van der Waals surface area (Å²) < 4.78 is 6.44. The average Bonchev–Trinajstić information content (AvgIpc) is 3.69. The molecule has 0 atom stereocenters. The summed E-state index contributed by atoms with van der Waals surface area (Å²) in [7, 11) is 0. The number of para-hydroxylation sites is 3. The molecular formula is C56H37NO. The third kappa shape index (κ3) is 5.91. The quantitative estimate of drug-likeness (QED) is 0.151. The molecule has 0 spiro atoms.